The zero-order chi connectivity index (χ0) is 11.7. The molecule has 0 N–H and O–H groups in total. The molecular weight excluding hydrogens is 208 g/mol. The first kappa shape index (κ1) is 10.7. The van der Waals surface area contributed by atoms with Crippen molar-refractivity contribution >= 4 is 11.9 Å². The SMILES string of the molecule is CC=Cc1cc2c(c(=O)o1)C(=O)[C@H](CC)O2. The van der Waals surface area contributed by atoms with Crippen molar-refractivity contribution in [1.82, 2.24) is 0 Å². The topological polar surface area (TPSA) is 56.5 Å². The number of carbonyl (C=O) groups is 1. The van der Waals surface area contributed by atoms with Gasteiger partial charge >= 0.3 is 5.63 Å². The van der Waals surface area contributed by atoms with Crippen LogP contribution in [0.4, 0.5) is 0 Å². The summed E-state index contributed by atoms with van der Waals surface area (Å²) in [5.74, 6) is 0.454. The summed E-state index contributed by atoms with van der Waals surface area (Å²) in [4.78, 5) is 23.3. The Morgan fingerprint density at radius 2 is 2.19 bits per heavy atom. The van der Waals surface area contributed by atoms with Gasteiger partial charge in [-0.05, 0) is 19.4 Å². The summed E-state index contributed by atoms with van der Waals surface area (Å²) in [7, 11) is 0. The van der Waals surface area contributed by atoms with Gasteiger partial charge in [0, 0.05) is 6.07 Å². The molecule has 0 unspecified atom stereocenters. The van der Waals surface area contributed by atoms with Gasteiger partial charge < -0.3 is 9.15 Å². The van der Waals surface area contributed by atoms with Crippen molar-refractivity contribution in [3.05, 3.63) is 33.9 Å². The van der Waals surface area contributed by atoms with E-state index in [0.29, 0.717) is 17.9 Å². The van der Waals surface area contributed by atoms with E-state index < -0.39 is 11.7 Å². The molecule has 2 rings (SSSR count). The van der Waals surface area contributed by atoms with Gasteiger partial charge in [-0.15, -0.1) is 0 Å². The molecule has 2 heterocycles. The van der Waals surface area contributed by atoms with E-state index in [2.05, 4.69) is 0 Å². The zero-order valence-electron chi connectivity index (χ0n) is 9.15. The Kier molecular flexibility index (Phi) is 2.64. The summed E-state index contributed by atoms with van der Waals surface area (Å²) in [5, 5.41) is 0. The number of ketones is 1. The molecular formula is C12H12O4. The predicted octanol–water partition coefficient (Wildman–Crippen LogP) is 2.03. The lowest BCUT2D eigenvalue weighted by atomic mass is 10.1. The van der Waals surface area contributed by atoms with E-state index in [1.807, 2.05) is 13.8 Å². The fourth-order valence-electron chi connectivity index (χ4n) is 1.69. The molecule has 1 aromatic rings. The molecule has 0 aliphatic carbocycles. The molecule has 1 aliphatic rings. The lowest BCUT2D eigenvalue weighted by Gasteiger charge is -2.04. The van der Waals surface area contributed by atoms with Gasteiger partial charge in [-0.2, -0.15) is 0 Å². The number of rotatable bonds is 2. The number of allylic oxidation sites excluding steroid dienone is 1. The summed E-state index contributed by atoms with van der Waals surface area (Å²) in [6.07, 6.45) is 3.40. The van der Waals surface area contributed by atoms with Crippen LogP contribution in [0.1, 0.15) is 36.4 Å². The van der Waals surface area contributed by atoms with E-state index >= 15 is 0 Å². The number of fused-ring (bicyclic) bond motifs is 1. The van der Waals surface area contributed by atoms with Crippen LogP contribution in [0.15, 0.2) is 21.4 Å². The maximum atomic E-state index is 11.7. The van der Waals surface area contributed by atoms with Crippen LogP contribution < -0.4 is 10.4 Å². The number of hydrogen-bond acceptors (Lipinski definition) is 4. The molecule has 1 atom stereocenters. The monoisotopic (exact) mass is 220 g/mol. The van der Waals surface area contributed by atoms with Crippen LogP contribution in [0.25, 0.3) is 6.08 Å². The molecule has 0 amide bonds. The smallest absolute Gasteiger partial charge is 0.351 e. The number of carbonyl (C=O) groups excluding carboxylic acids is 1. The fourth-order valence-corrected chi connectivity index (χ4v) is 1.69. The first-order valence-corrected chi connectivity index (χ1v) is 5.19. The van der Waals surface area contributed by atoms with Crippen LogP contribution in [-0.2, 0) is 0 Å². The van der Waals surface area contributed by atoms with Crippen molar-refractivity contribution in [2.45, 2.75) is 26.4 Å². The molecule has 84 valence electrons. The molecule has 0 aromatic carbocycles. The highest BCUT2D eigenvalue weighted by molar-refractivity contribution is 6.04. The van der Waals surface area contributed by atoms with Crippen LogP contribution in [-0.4, -0.2) is 11.9 Å². The molecule has 0 bridgehead atoms. The molecule has 1 aliphatic heterocycles. The van der Waals surface area contributed by atoms with Gasteiger partial charge in [0.15, 0.2) is 6.10 Å². The van der Waals surface area contributed by atoms with Crippen LogP contribution in [0.5, 0.6) is 5.75 Å². The van der Waals surface area contributed by atoms with Crippen molar-refractivity contribution in [2.75, 3.05) is 0 Å². The Bertz CT molecular complexity index is 510. The van der Waals surface area contributed by atoms with Gasteiger partial charge in [-0.25, -0.2) is 4.79 Å². The molecule has 16 heavy (non-hydrogen) atoms. The minimum absolute atomic E-state index is 0.0418. The van der Waals surface area contributed by atoms with E-state index in [9.17, 15) is 9.59 Å². The lowest BCUT2D eigenvalue weighted by Crippen LogP contribution is -2.21. The van der Waals surface area contributed by atoms with Crippen molar-refractivity contribution in [3.63, 3.8) is 0 Å². The van der Waals surface area contributed by atoms with Crippen LogP contribution in [0.3, 0.4) is 0 Å². The van der Waals surface area contributed by atoms with Crippen LogP contribution in [0, 0.1) is 0 Å². The zero-order valence-corrected chi connectivity index (χ0v) is 9.15. The average molecular weight is 220 g/mol. The molecule has 4 nitrogen and oxygen atoms in total. The van der Waals surface area contributed by atoms with Crippen molar-refractivity contribution in [1.29, 1.82) is 0 Å². The minimum Gasteiger partial charge on any atom is -0.481 e. The Morgan fingerprint density at radius 3 is 2.81 bits per heavy atom. The first-order valence-electron chi connectivity index (χ1n) is 5.19. The molecule has 1 aromatic heterocycles. The van der Waals surface area contributed by atoms with Gasteiger partial charge in [0.1, 0.15) is 17.1 Å². The summed E-state index contributed by atoms with van der Waals surface area (Å²) in [6, 6.07) is 1.57. The maximum absolute atomic E-state index is 11.7. The lowest BCUT2D eigenvalue weighted by molar-refractivity contribution is 0.0852. The second-order valence-electron chi connectivity index (χ2n) is 3.55. The van der Waals surface area contributed by atoms with Gasteiger partial charge in [-0.1, -0.05) is 13.0 Å². The molecule has 0 spiro atoms. The Balaban J connectivity index is 2.54. The highest BCUT2D eigenvalue weighted by atomic mass is 16.5. The van der Waals surface area contributed by atoms with E-state index in [4.69, 9.17) is 9.15 Å². The van der Waals surface area contributed by atoms with Crippen LogP contribution in [0.2, 0.25) is 0 Å². The quantitative estimate of drug-likeness (QED) is 0.765. The van der Waals surface area contributed by atoms with Crippen LogP contribution >= 0.6 is 0 Å². The summed E-state index contributed by atoms with van der Waals surface area (Å²) in [5.41, 5.74) is -0.577. The second kappa shape index (κ2) is 3.96. The van der Waals surface area contributed by atoms with E-state index in [1.54, 1.807) is 18.2 Å². The molecule has 0 saturated heterocycles. The summed E-state index contributed by atoms with van der Waals surface area (Å²) >= 11 is 0. The molecule has 0 saturated carbocycles. The first-order chi connectivity index (χ1) is 7.67. The van der Waals surface area contributed by atoms with Gasteiger partial charge in [0.2, 0.25) is 5.78 Å². The third kappa shape index (κ3) is 1.56. The van der Waals surface area contributed by atoms with Gasteiger partial charge in [0.05, 0.1) is 0 Å². The second-order valence-corrected chi connectivity index (χ2v) is 3.55. The third-order valence-electron chi connectivity index (χ3n) is 2.44. The maximum Gasteiger partial charge on any atom is 0.351 e. The summed E-state index contributed by atoms with van der Waals surface area (Å²) in [6.45, 7) is 3.65. The Hall–Kier alpha value is -1.84. The Morgan fingerprint density at radius 1 is 1.44 bits per heavy atom. The number of Topliss-reactive ketones (excluding diaryl/α,β-unsaturated/α-hetero) is 1. The summed E-state index contributed by atoms with van der Waals surface area (Å²) < 4.78 is 10.4. The highest BCUT2D eigenvalue weighted by Crippen LogP contribution is 2.28. The van der Waals surface area contributed by atoms with E-state index in [0.717, 1.165) is 0 Å². The molecule has 4 heteroatoms. The number of hydrogen-bond donors (Lipinski definition) is 0. The average Bonchev–Trinajstić information content (AvgIpc) is 2.56. The van der Waals surface area contributed by atoms with Crippen molar-refractivity contribution in [3.8, 4) is 5.75 Å². The third-order valence-corrected chi connectivity index (χ3v) is 2.44. The predicted molar refractivity (Wildman–Crippen MR) is 58.7 cm³/mol. The molecule has 0 fully saturated rings. The van der Waals surface area contributed by atoms with Gasteiger partial charge in [-0.3, -0.25) is 4.79 Å². The molecule has 0 radical (unpaired) electrons. The number of ether oxygens (including phenoxy) is 1. The Labute approximate surface area is 92.5 Å². The normalized spacial score (nSPS) is 18.9. The highest BCUT2D eigenvalue weighted by Gasteiger charge is 2.34. The van der Waals surface area contributed by atoms with Crippen molar-refractivity contribution in [2.24, 2.45) is 0 Å². The fraction of sp³-hybridized carbons (Fsp3) is 0.333. The standard InChI is InChI=1S/C12H12O4/c1-3-5-7-6-9-10(12(14)15-7)11(13)8(4-2)16-9/h3,5-6,8H,4H2,1-2H3/t8-/m0/s1. The minimum atomic E-state index is -0.619. The van der Waals surface area contributed by atoms with Crippen molar-refractivity contribution < 1.29 is 13.9 Å². The van der Waals surface area contributed by atoms with Gasteiger partial charge in [0.25, 0.3) is 0 Å². The van der Waals surface area contributed by atoms with E-state index in [-0.39, 0.29) is 11.3 Å². The van der Waals surface area contributed by atoms with E-state index in [1.165, 1.54) is 0 Å². The largest absolute Gasteiger partial charge is 0.481 e.